The Bertz CT molecular complexity index is 264. The summed E-state index contributed by atoms with van der Waals surface area (Å²) in [6.07, 6.45) is 8.51. The van der Waals surface area contributed by atoms with Gasteiger partial charge in [-0.25, -0.2) is 0 Å². The van der Waals surface area contributed by atoms with Crippen molar-refractivity contribution >= 4 is 0 Å². The second kappa shape index (κ2) is 3.60. The maximum absolute atomic E-state index is 10.1. The van der Waals surface area contributed by atoms with Gasteiger partial charge in [0.25, 0.3) is 0 Å². The molecule has 0 radical (unpaired) electrons. The molecule has 1 aliphatic carbocycles. The highest BCUT2D eigenvalue weighted by Gasteiger charge is 2.60. The molecule has 2 heteroatoms. The van der Waals surface area contributed by atoms with Gasteiger partial charge in [-0.3, -0.25) is 0 Å². The molecular formula is C13H22O2. The molecule has 0 amide bonds. The van der Waals surface area contributed by atoms with Gasteiger partial charge >= 0.3 is 0 Å². The molecule has 0 bridgehead atoms. The van der Waals surface area contributed by atoms with Gasteiger partial charge in [-0.1, -0.05) is 45.8 Å². The summed E-state index contributed by atoms with van der Waals surface area (Å²) >= 11 is 0. The Kier molecular flexibility index (Phi) is 2.68. The van der Waals surface area contributed by atoms with Gasteiger partial charge < -0.3 is 9.84 Å². The van der Waals surface area contributed by atoms with E-state index in [4.69, 9.17) is 4.74 Å². The minimum atomic E-state index is -0.415. The van der Waals surface area contributed by atoms with Gasteiger partial charge in [0.1, 0.15) is 11.7 Å². The minimum absolute atomic E-state index is 0.136. The second-order valence-corrected chi connectivity index (χ2v) is 5.98. The van der Waals surface area contributed by atoms with Crippen molar-refractivity contribution in [3.8, 4) is 0 Å². The van der Waals surface area contributed by atoms with Gasteiger partial charge in [0.2, 0.25) is 0 Å². The van der Waals surface area contributed by atoms with E-state index in [2.05, 4.69) is 26.8 Å². The van der Waals surface area contributed by atoms with E-state index in [1.165, 1.54) is 12.8 Å². The van der Waals surface area contributed by atoms with E-state index in [1.807, 2.05) is 6.08 Å². The zero-order chi connectivity index (χ0) is 11.1. The van der Waals surface area contributed by atoms with Gasteiger partial charge in [0.15, 0.2) is 0 Å². The highest BCUT2D eigenvalue weighted by Crippen LogP contribution is 2.50. The summed E-state index contributed by atoms with van der Waals surface area (Å²) in [5.74, 6) is 0. The van der Waals surface area contributed by atoms with E-state index in [9.17, 15) is 5.11 Å². The van der Waals surface area contributed by atoms with Crippen LogP contribution in [-0.4, -0.2) is 22.9 Å². The summed E-state index contributed by atoms with van der Waals surface area (Å²) < 4.78 is 5.69. The van der Waals surface area contributed by atoms with Crippen LogP contribution in [0.25, 0.3) is 0 Å². The fourth-order valence-electron chi connectivity index (χ4n) is 2.44. The van der Waals surface area contributed by atoms with E-state index >= 15 is 0 Å². The summed E-state index contributed by atoms with van der Waals surface area (Å²) in [5.41, 5.74) is -0.0727. The predicted octanol–water partition coefficient (Wildman–Crippen LogP) is 2.66. The molecule has 0 aromatic rings. The lowest BCUT2D eigenvalue weighted by atomic mass is 9.84. The molecule has 15 heavy (non-hydrogen) atoms. The zero-order valence-corrected chi connectivity index (χ0v) is 9.99. The van der Waals surface area contributed by atoms with Crippen LogP contribution < -0.4 is 0 Å². The standard InChI is InChI=1S/C13H22O2/c1-12(2,3)9-7-10(14)13-8-5-4-6-11(13)15-13/h7,9-11,14H,4-6,8H2,1-3H3/b9-7+/t10?,11-,13-/m0/s1. The van der Waals surface area contributed by atoms with Crippen LogP contribution in [0.2, 0.25) is 0 Å². The first-order valence-corrected chi connectivity index (χ1v) is 5.99. The number of hydrogen-bond donors (Lipinski definition) is 1. The number of aliphatic hydroxyl groups excluding tert-OH is 1. The van der Waals surface area contributed by atoms with Crippen molar-refractivity contribution < 1.29 is 9.84 Å². The van der Waals surface area contributed by atoms with Crippen LogP contribution >= 0.6 is 0 Å². The number of rotatable bonds is 2. The molecule has 2 nitrogen and oxygen atoms in total. The summed E-state index contributed by atoms with van der Waals surface area (Å²) in [5, 5.41) is 10.1. The Hall–Kier alpha value is -0.340. The van der Waals surface area contributed by atoms with Gasteiger partial charge in [-0.2, -0.15) is 0 Å². The first-order chi connectivity index (χ1) is 6.94. The molecular weight excluding hydrogens is 188 g/mol. The van der Waals surface area contributed by atoms with Crippen LogP contribution in [0.15, 0.2) is 12.2 Å². The highest BCUT2D eigenvalue weighted by molar-refractivity contribution is 5.16. The molecule has 1 aliphatic heterocycles. The van der Waals surface area contributed by atoms with Gasteiger partial charge in [0, 0.05) is 0 Å². The zero-order valence-electron chi connectivity index (χ0n) is 9.99. The first-order valence-electron chi connectivity index (χ1n) is 5.99. The molecule has 1 saturated heterocycles. The smallest absolute Gasteiger partial charge is 0.124 e. The lowest BCUT2D eigenvalue weighted by Crippen LogP contribution is -2.33. The third-order valence-electron chi connectivity index (χ3n) is 3.41. The van der Waals surface area contributed by atoms with Gasteiger partial charge in [0.05, 0.1) is 6.10 Å². The van der Waals surface area contributed by atoms with Crippen molar-refractivity contribution in [2.45, 2.75) is 64.3 Å². The van der Waals surface area contributed by atoms with Crippen LogP contribution in [0.5, 0.6) is 0 Å². The van der Waals surface area contributed by atoms with Crippen LogP contribution in [0, 0.1) is 5.41 Å². The van der Waals surface area contributed by atoms with Crippen LogP contribution in [0.3, 0.4) is 0 Å². The number of hydrogen-bond acceptors (Lipinski definition) is 2. The Morgan fingerprint density at radius 1 is 1.40 bits per heavy atom. The quantitative estimate of drug-likeness (QED) is 0.561. The number of ether oxygens (including phenoxy) is 1. The summed E-state index contributed by atoms with van der Waals surface area (Å²) in [6, 6.07) is 0. The van der Waals surface area contributed by atoms with Crippen molar-refractivity contribution in [2.75, 3.05) is 0 Å². The monoisotopic (exact) mass is 210 g/mol. The van der Waals surface area contributed by atoms with E-state index < -0.39 is 6.10 Å². The van der Waals surface area contributed by atoms with E-state index in [-0.39, 0.29) is 11.0 Å². The van der Waals surface area contributed by atoms with Crippen molar-refractivity contribution in [1.82, 2.24) is 0 Å². The first kappa shape index (κ1) is 11.2. The molecule has 2 rings (SSSR count). The maximum Gasteiger partial charge on any atom is 0.124 e. The maximum atomic E-state index is 10.1. The van der Waals surface area contributed by atoms with Crippen molar-refractivity contribution in [3.63, 3.8) is 0 Å². The molecule has 0 aromatic heterocycles. The van der Waals surface area contributed by atoms with Crippen molar-refractivity contribution in [3.05, 3.63) is 12.2 Å². The average Bonchev–Trinajstić information content (AvgIpc) is 2.88. The highest BCUT2D eigenvalue weighted by atomic mass is 16.6. The Balaban J connectivity index is 1.97. The van der Waals surface area contributed by atoms with Crippen LogP contribution in [0.1, 0.15) is 46.5 Å². The summed E-state index contributed by atoms with van der Waals surface area (Å²) in [6.45, 7) is 6.42. The Morgan fingerprint density at radius 3 is 2.73 bits per heavy atom. The molecule has 3 atom stereocenters. The van der Waals surface area contributed by atoms with E-state index in [0.717, 1.165) is 12.8 Å². The average molecular weight is 210 g/mol. The van der Waals surface area contributed by atoms with Crippen molar-refractivity contribution in [1.29, 1.82) is 0 Å². The minimum Gasteiger partial charge on any atom is -0.386 e. The normalized spacial score (nSPS) is 37.7. The fraction of sp³-hybridized carbons (Fsp3) is 0.846. The Labute approximate surface area is 92.3 Å². The molecule has 86 valence electrons. The third kappa shape index (κ3) is 2.26. The second-order valence-electron chi connectivity index (χ2n) is 5.98. The number of allylic oxidation sites excluding steroid dienone is 1. The molecule has 1 saturated carbocycles. The number of epoxide rings is 1. The summed E-state index contributed by atoms with van der Waals surface area (Å²) in [7, 11) is 0. The largest absolute Gasteiger partial charge is 0.386 e. The lowest BCUT2D eigenvalue weighted by molar-refractivity contribution is 0.103. The summed E-state index contributed by atoms with van der Waals surface area (Å²) in [4.78, 5) is 0. The number of aliphatic hydroxyl groups is 1. The van der Waals surface area contributed by atoms with E-state index in [0.29, 0.717) is 6.10 Å². The molecule has 1 N–H and O–H groups in total. The number of fused-ring (bicyclic) bond motifs is 1. The SMILES string of the molecule is CC(C)(C)/C=C/C(O)[C@@]12CCCC[C@@H]1O2. The van der Waals surface area contributed by atoms with Crippen LogP contribution in [-0.2, 0) is 4.74 Å². The topological polar surface area (TPSA) is 32.8 Å². The van der Waals surface area contributed by atoms with Crippen LogP contribution in [0.4, 0.5) is 0 Å². The molecule has 2 fully saturated rings. The molecule has 1 unspecified atom stereocenters. The third-order valence-corrected chi connectivity index (χ3v) is 3.41. The molecule has 0 aromatic carbocycles. The van der Waals surface area contributed by atoms with Crippen molar-refractivity contribution in [2.24, 2.45) is 5.41 Å². The lowest BCUT2D eigenvalue weighted by Gasteiger charge is -2.21. The van der Waals surface area contributed by atoms with Gasteiger partial charge in [-0.15, -0.1) is 0 Å². The van der Waals surface area contributed by atoms with E-state index in [1.54, 1.807) is 0 Å². The molecule has 1 heterocycles. The fourth-order valence-corrected chi connectivity index (χ4v) is 2.44. The Morgan fingerprint density at radius 2 is 2.13 bits per heavy atom. The molecule has 0 spiro atoms. The predicted molar refractivity (Wildman–Crippen MR) is 60.7 cm³/mol. The van der Waals surface area contributed by atoms with Gasteiger partial charge in [-0.05, 0) is 18.3 Å². The molecule has 2 aliphatic rings.